The van der Waals surface area contributed by atoms with Crippen LogP contribution < -0.4 is 0 Å². The summed E-state index contributed by atoms with van der Waals surface area (Å²) in [4.78, 5) is 16.1. The van der Waals surface area contributed by atoms with Crippen LogP contribution in [-0.4, -0.2) is 44.2 Å². The topological polar surface area (TPSA) is 40.6 Å². The van der Waals surface area contributed by atoms with E-state index >= 15 is 0 Å². The first-order valence-electron chi connectivity index (χ1n) is 11.1. The zero-order chi connectivity index (χ0) is 21.5. The summed E-state index contributed by atoms with van der Waals surface area (Å²) in [7, 11) is 1.01. The summed E-state index contributed by atoms with van der Waals surface area (Å²) in [6, 6.07) is 8.07. The minimum atomic E-state index is -0.950. The molecule has 3 fully saturated rings. The second kappa shape index (κ2) is 8.76. The molecule has 3 aliphatic rings. The van der Waals surface area contributed by atoms with Gasteiger partial charge in [0, 0.05) is 22.9 Å². The van der Waals surface area contributed by atoms with Gasteiger partial charge in [0.05, 0.1) is 22.4 Å². The van der Waals surface area contributed by atoms with Crippen LogP contribution in [0.4, 0.5) is 0 Å². The van der Waals surface area contributed by atoms with Crippen LogP contribution >= 0.6 is 11.6 Å². The van der Waals surface area contributed by atoms with Gasteiger partial charge in [-0.25, -0.2) is 8.51 Å². The molecular formula is C24H33ClN2O2S. The molecule has 0 aromatic heterocycles. The fourth-order valence-corrected chi connectivity index (χ4v) is 6.34. The van der Waals surface area contributed by atoms with E-state index in [0.29, 0.717) is 29.2 Å². The van der Waals surface area contributed by atoms with Gasteiger partial charge in [-0.1, -0.05) is 36.7 Å². The molecule has 0 N–H and O–H groups in total. The molecule has 4 nitrogen and oxygen atoms in total. The van der Waals surface area contributed by atoms with Crippen molar-refractivity contribution in [3.63, 3.8) is 0 Å². The molecule has 1 amide bonds. The van der Waals surface area contributed by atoms with Crippen LogP contribution in [0.1, 0.15) is 63.5 Å². The summed E-state index contributed by atoms with van der Waals surface area (Å²) in [6.45, 7) is 6.66. The number of likely N-dealkylation sites (tertiary alicyclic amines) is 1. The fraction of sp³-hybridized carbons (Fsp3) is 0.625. The molecule has 0 radical (unpaired) electrons. The maximum atomic E-state index is 13.9. The third-order valence-electron chi connectivity index (χ3n) is 6.99. The Bertz CT molecular complexity index is 821. The smallest absolute Gasteiger partial charge is 0.229 e. The highest BCUT2D eigenvalue weighted by molar-refractivity contribution is 7.83. The van der Waals surface area contributed by atoms with Crippen LogP contribution in [0, 0.1) is 11.3 Å². The molecule has 1 aromatic rings. The summed E-state index contributed by atoms with van der Waals surface area (Å²) >= 11 is 6.13. The molecule has 0 spiro atoms. The molecule has 1 aromatic carbocycles. The third-order valence-corrected chi connectivity index (χ3v) is 9.05. The van der Waals surface area contributed by atoms with Crippen LogP contribution in [-0.2, 0) is 15.8 Å². The molecule has 2 saturated carbocycles. The quantitative estimate of drug-likeness (QED) is 0.492. The van der Waals surface area contributed by atoms with E-state index in [-0.39, 0.29) is 18.0 Å². The van der Waals surface area contributed by atoms with Gasteiger partial charge in [0.15, 0.2) is 0 Å². The Morgan fingerprint density at radius 2 is 1.93 bits per heavy atom. The summed E-state index contributed by atoms with van der Waals surface area (Å²) < 4.78 is 14.8. The first kappa shape index (κ1) is 22.0. The fourth-order valence-electron chi connectivity index (χ4n) is 4.86. The molecule has 4 atom stereocenters. The number of hydrogen-bond donors (Lipinski definition) is 0. The first-order chi connectivity index (χ1) is 14.3. The van der Waals surface area contributed by atoms with Crippen molar-refractivity contribution in [1.82, 2.24) is 9.21 Å². The Labute approximate surface area is 188 Å². The summed E-state index contributed by atoms with van der Waals surface area (Å²) in [6.07, 6.45) is 8.74. The van der Waals surface area contributed by atoms with Gasteiger partial charge in [0.2, 0.25) is 5.91 Å². The lowest BCUT2D eigenvalue weighted by molar-refractivity contribution is -0.153. The van der Waals surface area contributed by atoms with E-state index in [9.17, 15) is 9.00 Å². The summed E-state index contributed by atoms with van der Waals surface area (Å²) in [5, 5.41) is 1.02. The molecule has 6 heteroatoms. The Kier molecular flexibility index (Phi) is 6.43. The minimum Gasteiger partial charge on any atom is -0.331 e. The van der Waals surface area contributed by atoms with E-state index in [1.165, 1.54) is 0 Å². The Balaban J connectivity index is 1.66. The number of rotatable bonds is 9. The van der Waals surface area contributed by atoms with Gasteiger partial charge < -0.3 is 4.90 Å². The molecule has 2 unspecified atom stereocenters. The van der Waals surface area contributed by atoms with Gasteiger partial charge in [0.1, 0.15) is 0 Å². The highest BCUT2D eigenvalue weighted by Crippen LogP contribution is 2.48. The zero-order valence-corrected chi connectivity index (χ0v) is 19.6. The standard InChI is InChI=1S/C24H33ClN2O2S/c1-4-14-24(2)15-13-21(17-7-9-19(25)10-8-17)27(23(24)28)22(18-5-6-18)16-26(3)30(29)20-11-12-20/h4,7-10,18,20-22H,1,5-6,11-16H2,2-3H3/t21-,22?,24-,30?/m0/s1. The number of carbonyl (C=O) groups is 1. The van der Waals surface area contributed by atoms with Crippen molar-refractivity contribution in [3.8, 4) is 0 Å². The number of hydrogen-bond acceptors (Lipinski definition) is 2. The zero-order valence-electron chi connectivity index (χ0n) is 18.1. The highest BCUT2D eigenvalue weighted by Gasteiger charge is 2.50. The van der Waals surface area contributed by atoms with E-state index in [2.05, 4.69) is 30.5 Å². The van der Waals surface area contributed by atoms with E-state index in [0.717, 1.165) is 44.1 Å². The number of likely N-dealkylation sites (N-methyl/N-ethyl adjacent to an activating group) is 1. The van der Waals surface area contributed by atoms with Crippen LogP contribution in [0.2, 0.25) is 5.02 Å². The lowest BCUT2D eigenvalue weighted by Gasteiger charge is -2.49. The van der Waals surface area contributed by atoms with Gasteiger partial charge in [-0.05, 0) is 75.6 Å². The summed E-state index contributed by atoms with van der Waals surface area (Å²) in [5.74, 6) is 0.713. The van der Waals surface area contributed by atoms with Crippen molar-refractivity contribution >= 4 is 28.5 Å². The maximum Gasteiger partial charge on any atom is 0.229 e. The second-order valence-corrected chi connectivity index (χ2v) is 11.8. The first-order valence-corrected chi connectivity index (χ1v) is 12.7. The van der Waals surface area contributed by atoms with E-state index in [4.69, 9.17) is 11.6 Å². The Hall–Kier alpha value is -1.17. The van der Waals surface area contributed by atoms with Crippen molar-refractivity contribution in [2.75, 3.05) is 13.6 Å². The van der Waals surface area contributed by atoms with Crippen molar-refractivity contribution < 1.29 is 9.00 Å². The predicted octanol–water partition coefficient (Wildman–Crippen LogP) is 5.12. The maximum absolute atomic E-state index is 13.9. The van der Waals surface area contributed by atoms with Crippen LogP contribution in [0.3, 0.4) is 0 Å². The summed E-state index contributed by atoms with van der Waals surface area (Å²) in [5.41, 5.74) is 0.733. The molecule has 1 heterocycles. The Morgan fingerprint density at radius 3 is 2.50 bits per heavy atom. The number of piperidine rings is 1. The Morgan fingerprint density at radius 1 is 1.27 bits per heavy atom. The normalized spacial score (nSPS) is 29.1. The number of amides is 1. The molecule has 1 saturated heterocycles. The number of carbonyl (C=O) groups excluding carboxylic acids is 1. The average molecular weight is 449 g/mol. The van der Waals surface area contributed by atoms with Gasteiger partial charge in [-0.15, -0.1) is 6.58 Å². The van der Waals surface area contributed by atoms with Gasteiger partial charge in [-0.3, -0.25) is 4.79 Å². The van der Waals surface area contributed by atoms with E-state index in [1.807, 2.05) is 29.6 Å². The van der Waals surface area contributed by atoms with Crippen molar-refractivity contribution in [2.45, 2.75) is 69.2 Å². The molecule has 0 bridgehead atoms. The van der Waals surface area contributed by atoms with Crippen molar-refractivity contribution in [1.29, 1.82) is 0 Å². The average Bonchev–Trinajstić information content (AvgIpc) is 3.62. The number of benzene rings is 1. The van der Waals surface area contributed by atoms with Crippen LogP contribution in [0.25, 0.3) is 0 Å². The second-order valence-electron chi connectivity index (χ2n) is 9.56. The molecule has 164 valence electrons. The SMILES string of the molecule is C=CC[C@@]1(C)CC[C@@H](c2ccc(Cl)cc2)N(C(CN(C)S(=O)C2CC2)C2CC2)C1=O. The minimum absolute atomic E-state index is 0.0426. The van der Waals surface area contributed by atoms with Crippen LogP contribution in [0.5, 0.6) is 0 Å². The highest BCUT2D eigenvalue weighted by atomic mass is 35.5. The number of halogens is 1. The van der Waals surface area contributed by atoms with E-state index in [1.54, 1.807) is 0 Å². The van der Waals surface area contributed by atoms with Crippen LogP contribution in [0.15, 0.2) is 36.9 Å². The van der Waals surface area contributed by atoms with Gasteiger partial charge in [0.25, 0.3) is 0 Å². The van der Waals surface area contributed by atoms with E-state index < -0.39 is 16.4 Å². The lowest BCUT2D eigenvalue weighted by Crippen LogP contribution is -2.56. The monoisotopic (exact) mass is 448 g/mol. The predicted molar refractivity (Wildman–Crippen MR) is 124 cm³/mol. The largest absolute Gasteiger partial charge is 0.331 e. The molecule has 30 heavy (non-hydrogen) atoms. The van der Waals surface area contributed by atoms with Gasteiger partial charge >= 0.3 is 0 Å². The molecular weight excluding hydrogens is 416 g/mol. The van der Waals surface area contributed by atoms with Crippen molar-refractivity contribution in [3.05, 3.63) is 47.5 Å². The molecule has 4 rings (SSSR count). The number of nitrogens with zero attached hydrogens (tertiary/aromatic N) is 2. The molecule has 1 aliphatic heterocycles. The lowest BCUT2D eigenvalue weighted by atomic mass is 9.74. The van der Waals surface area contributed by atoms with Crippen molar-refractivity contribution in [2.24, 2.45) is 11.3 Å². The molecule has 2 aliphatic carbocycles. The van der Waals surface area contributed by atoms with Gasteiger partial charge in [-0.2, -0.15) is 0 Å². The number of allylic oxidation sites excluding steroid dienone is 1. The third kappa shape index (κ3) is 4.53.